The molecule has 1 atom stereocenters. The van der Waals surface area contributed by atoms with Crippen LogP contribution in [0.1, 0.15) is 18.2 Å². The van der Waals surface area contributed by atoms with E-state index in [-0.39, 0.29) is 0 Å². The highest BCUT2D eigenvalue weighted by molar-refractivity contribution is 7.09. The smallest absolute Gasteiger partial charge is 0.0324 e. The molecule has 80 valence electrons. The zero-order chi connectivity index (χ0) is 10.4. The van der Waals surface area contributed by atoms with Gasteiger partial charge in [0, 0.05) is 18.0 Å². The molecule has 0 aliphatic rings. The lowest BCUT2D eigenvalue weighted by molar-refractivity contribution is 0.275. The maximum absolute atomic E-state index is 5.52. The van der Waals surface area contributed by atoms with Crippen LogP contribution in [0.4, 0.5) is 0 Å². The molecule has 0 fully saturated rings. The number of thiophene rings is 1. The molecule has 0 spiro atoms. The highest BCUT2D eigenvalue weighted by atomic mass is 32.1. The van der Waals surface area contributed by atoms with Crippen molar-refractivity contribution in [1.82, 2.24) is 4.90 Å². The molecule has 14 heavy (non-hydrogen) atoms. The summed E-state index contributed by atoms with van der Waals surface area (Å²) in [5.74, 6) is 0.699. The fraction of sp³-hybridized carbons (Fsp3) is 0.636. The third-order valence-corrected chi connectivity index (χ3v) is 3.15. The summed E-state index contributed by atoms with van der Waals surface area (Å²) in [6, 6.07) is 4.30. The van der Waals surface area contributed by atoms with Crippen molar-refractivity contribution >= 4 is 11.3 Å². The molecule has 1 rings (SSSR count). The molecule has 1 aromatic rings. The van der Waals surface area contributed by atoms with Crippen LogP contribution in [0, 0.1) is 5.92 Å². The van der Waals surface area contributed by atoms with Crippen molar-refractivity contribution in [3.8, 4) is 0 Å². The Bertz CT molecular complexity index is 233. The van der Waals surface area contributed by atoms with Gasteiger partial charge in [0.2, 0.25) is 0 Å². The second-order valence-electron chi connectivity index (χ2n) is 3.96. The van der Waals surface area contributed by atoms with Crippen LogP contribution in [0.15, 0.2) is 17.5 Å². The molecule has 1 unspecified atom stereocenters. The van der Waals surface area contributed by atoms with Gasteiger partial charge in [0.05, 0.1) is 0 Å². The SMILES string of the molecule is CC(CCN)CN(C)Cc1cccs1. The van der Waals surface area contributed by atoms with E-state index in [1.807, 2.05) is 11.3 Å². The van der Waals surface area contributed by atoms with E-state index in [0.717, 1.165) is 26.1 Å². The van der Waals surface area contributed by atoms with E-state index >= 15 is 0 Å². The highest BCUT2D eigenvalue weighted by Gasteiger charge is 2.06. The molecule has 0 radical (unpaired) electrons. The average molecular weight is 212 g/mol. The average Bonchev–Trinajstić information content (AvgIpc) is 2.56. The molecular formula is C11H20N2S. The Balaban J connectivity index is 2.25. The van der Waals surface area contributed by atoms with Gasteiger partial charge >= 0.3 is 0 Å². The first-order chi connectivity index (χ1) is 6.72. The fourth-order valence-electron chi connectivity index (χ4n) is 1.64. The van der Waals surface area contributed by atoms with Gasteiger partial charge in [-0.1, -0.05) is 13.0 Å². The van der Waals surface area contributed by atoms with Crippen molar-refractivity contribution in [2.75, 3.05) is 20.1 Å². The van der Waals surface area contributed by atoms with Gasteiger partial charge < -0.3 is 10.6 Å². The van der Waals surface area contributed by atoms with Crippen LogP contribution in [-0.2, 0) is 6.54 Å². The Labute approximate surface area is 90.7 Å². The molecule has 3 heteroatoms. The van der Waals surface area contributed by atoms with Crippen LogP contribution in [0.3, 0.4) is 0 Å². The van der Waals surface area contributed by atoms with Crippen LogP contribution >= 0.6 is 11.3 Å². The second kappa shape index (κ2) is 6.17. The first kappa shape index (κ1) is 11.7. The molecule has 0 bridgehead atoms. The van der Waals surface area contributed by atoms with Gasteiger partial charge in [0.1, 0.15) is 0 Å². The number of nitrogens with zero attached hydrogens (tertiary/aromatic N) is 1. The summed E-state index contributed by atoms with van der Waals surface area (Å²) in [5, 5.41) is 2.13. The van der Waals surface area contributed by atoms with Gasteiger partial charge in [0.25, 0.3) is 0 Å². The molecule has 0 saturated carbocycles. The number of nitrogens with two attached hydrogens (primary N) is 1. The molecule has 2 nitrogen and oxygen atoms in total. The summed E-state index contributed by atoms with van der Waals surface area (Å²) >= 11 is 1.83. The zero-order valence-corrected chi connectivity index (χ0v) is 9.89. The lowest BCUT2D eigenvalue weighted by Gasteiger charge is -2.20. The van der Waals surface area contributed by atoms with Crippen molar-refractivity contribution in [3.05, 3.63) is 22.4 Å². The van der Waals surface area contributed by atoms with Gasteiger partial charge in [-0.3, -0.25) is 0 Å². The predicted molar refractivity (Wildman–Crippen MR) is 63.5 cm³/mol. The number of hydrogen-bond acceptors (Lipinski definition) is 3. The predicted octanol–water partition coefficient (Wildman–Crippen LogP) is 2.16. The molecule has 0 amide bonds. The van der Waals surface area contributed by atoms with Crippen LogP contribution in [-0.4, -0.2) is 25.0 Å². The minimum Gasteiger partial charge on any atom is -0.330 e. The standard InChI is InChI=1S/C11H20N2S/c1-10(5-6-12)8-13(2)9-11-4-3-7-14-11/h3-4,7,10H,5-6,8-9,12H2,1-2H3. The van der Waals surface area contributed by atoms with Gasteiger partial charge in [-0.15, -0.1) is 11.3 Å². The van der Waals surface area contributed by atoms with Gasteiger partial charge in [0.15, 0.2) is 0 Å². The van der Waals surface area contributed by atoms with Crippen LogP contribution in [0.5, 0.6) is 0 Å². The van der Waals surface area contributed by atoms with Gasteiger partial charge in [-0.25, -0.2) is 0 Å². The first-order valence-corrected chi connectivity index (χ1v) is 6.01. The lowest BCUT2D eigenvalue weighted by atomic mass is 10.1. The van der Waals surface area contributed by atoms with Crippen LogP contribution < -0.4 is 5.73 Å². The summed E-state index contributed by atoms with van der Waals surface area (Å²) in [5.41, 5.74) is 5.52. The monoisotopic (exact) mass is 212 g/mol. The van der Waals surface area contributed by atoms with Crippen molar-refractivity contribution in [2.45, 2.75) is 19.9 Å². The van der Waals surface area contributed by atoms with Crippen molar-refractivity contribution in [1.29, 1.82) is 0 Å². The van der Waals surface area contributed by atoms with Gasteiger partial charge in [-0.2, -0.15) is 0 Å². The minimum atomic E-state index is 0.699. The molecule has 0 aromatic carbocycles. The van der Waals surface area contributed by atoms with E-state index in [1.54, 1.807) is 0 Å². The highest BCUT2D eigenvalue weighted by Crippen LogP contribution is 2.12. The minimum absolute atomic E-state index is 0.699. The summed E-state index contributed by atoms with van der Waals surface area (Å²) in [4.78, 5) is 3.80. The van der Waals surface area contributed by atoms with E-state index in [1.165, 1.54) is 4.88 Å². The molecular weight excluding hydrogens is 192 g/mol. The normalized spacial score (nSPS) is 13.4. The Morgan fingerprint density at radius 3 is 2.93 bits per heavy atom. The number of hydrogen-bond donors (Lipinski definition) is 1. The molecule has 2 N–H and O–H groups in total. The Kier molecular flexibility index (Phi) is 5.15. The maximum atomic E-state index is 5.52. The molecule has 1 heterocycles. The lowest BCUT2D eigenvalue weighted by Crippen LogP contribution is -2.24. The summed E-state index contributed by atoms with van der Waals surface area (Å²) < 4.78 is 0. The number of rotatable bonds is 6. The van der Waals surface area contributed by atoms with Crippen molar-refractivity contribution < 1.29 is 0 Å². The quantitative estimate of drug-likeness (QED) is 0.783. The Morgan fingerprint density at radius 1 is 1.57 bits per heavy atom. The Morgan fingerprint density at radius 2 is 2.36 bits per heavy atom. The second-order valence-corrected chi connectivity index (χ2v) is 4.99. The van der Waals surface area contributed by atoms with E-state index in [4.69, 9.17) is 5.73 Å². The Hall–Kier alpha value is -0.380. The summed E-state index contributed by atoms with van der Waals surface area (Å²) in [6.45, 7) is 5.26. The van der Waals surface area contributed by atoms with E-state index in [9.17, 15) is 0 Å². The molecule has 1 aromatic heterocycles. The van der Waals surface area contributed by atoms with Crippen LogP contribution in [0.25, 0.3) is 0 Å². The van der Waals surface area contributed by atoms with Gasteiger partial charge in [-0.05, 0) is 37.4 Å². The van der Waals surface area contributed by atoms with Crippen molar-refractivity contribution in [3.63, 3.8) is 0 Å². The zero-order valence-electron chi connectivity index (χ0n) is 9.07. The van der Waals surface area contributed by atoms with Crippen molar-refractivity contribution in [2.24, 2.45) is 11.7 Å². The maximum Gasteiger partial charge on any atom is 0.0324 e. The largest absolute Gasteiger partial charge is 0.330 e. The summed E-state index contributed by atoms with van der Waals surface area (Å²) in [7, 11) is 2.17. The van der Waals surface area contributed by atoms with E-state index in [2.05, 4.69) is 36.4 Å². The molecule has 0 aliphatic carbocycles. The molecule has 0 saturated heterocycles. The molecule has 0 aliphatic heterocycles. The first-order valence-electron chi connectivity index (χ1n) is 5.13. The van der Waals surface area contributed by atoms with Crippen LogP contribution in [0.2, 0.25) is 0 Å². The third kappa shape index (κ3) is 4.22. The summed E-state index contributed by atoms with van der Waals surface area (Å²) in [6.07, 6.45) is 1.12. The van der Waals surface area contributed by atoms with E-state index in [0.29, 0.717) is 5.92 Å². The fourth-order valence-corrected chi connectivity index (χ4v) is 2.42. The topological polar surface area (TPSA) is 29.3 Å². The third-order valence-electron chi connectivity index (χ3n) is 2.29. The van der Waals surface area contributed by atoms with E-state index < -0.39 is 0 Å².